The van der Waals surface area contributed by atoms with Crippen LogP contribution in [0.5, 0.6) is 0 Å². The molecule has 4 bridgehead atoms. The normalized spacial score (nSPS) is 36.8. The van der Waals surface area contributed by atoms with Crippen LogP contribution in [0.25, 0.3) is 0 Å². The first kappa shape index (κ1) is 21.7. The van der Waals surface area contributed by atoms with Crippen molar-refractivity contribution in [3.8, 4) is 0 Å². The summed E-state index contributed by atoms with van der Waals surface area (Å²) in [7, 11) is 0. The second-order valence-corrected chi connectivity index (χ2v) is 11.3. The average molecular weight is 432 g/mol. The number of morpholine rings is 1. The van der Waals surface area contributed by atoms with Gasteiger partial charge in [-0.15, -0.1) is 0 Å². The first-order chi connectivity index (χ1) is 15.1. The Morgan fingerprint density at radius 2 is 1.55 bits per heavy atom. The first-order valence-corrected chi connectivity index (χ1v) is 13.0. The molecular weight excluding hydrogens is 390 g/mol. The van der Waals surface area contributed by atoms with Gasteiger partial charge in [-0.05, 0) is 69.1 Å². The minimum Gasteiger partial charge on any atom is -0.379 e. The lowest BCUT2D eigenvalue weighted by atomic mass is 9.47. The fourth-order valence-corrected chi connectivity index (χ4v) is 7.92. The van der Waals surface area contributed by atoms with Crippen LogP contribution < -0.4 is 10.6 Å². The highest BCUT2D eigenvalue weighted by Gasteiger charge is 2.56. The van der Waals surface area contributed by atoms with Gasteiger partial charge in [0.1, 0.15) is 6.04 Å². The molecule has 0 unspecified atom stereocenters. The van der Waals surface area contributed by atoms with E-state index in [1.165, 1.54) is 25.7 Å². The highest BCUT2D eigenvalue weighted by molar-refractivity contribution is 5.89. The summed E-state index contributed by atoms with van der Waals surface area (Å²) in [6.45, 7) is 4.95. The lowest BCUT2D eigenvalue weighted by Crippen LogP contribution is -2.63. The zero-order valence-electron chi connectivity index (χ0n) is 19.1. The van der Waals surface area contributed by atoms with Gasteiger partial charge in [0, 0.05) is 37.5 Å². The van der Waals surface area contributed by atoms with E-state index in [0.29, 0.717) is 6.54 Å². The van der Waals surface area contributed by atoms with Gasteiger partial charge < -0.3 is 15.4 Å². The van der Waals surface area contributed by atoms with Gasteiger partial charge in [0.15, 0.2) is 0 Å². The van der Waals surface area contributed by atoms with Crippen molar-refractivity contribution in [2.75, 3.05) is 39.4 Å². The SMILES string of the molecule is O=C(N[C@@H](C(=O)NCCN1CCOCC1)C12CC3CC(CC(C3)C1)C2)C1CCCCC1. The standard InChI is InChI=1S/C25H41N3O3/c29-23(21-4-2-1-3-5-21)27-22(24(30)26-6-7-28-8-10-31-11-9-28)25-15-18-12-19(16-25)14-20(13-18)17-25/h18-22H,1-17H2,(H,26,30)(H,27,29)/t18?,19?,20?,22-,25?/m0/s1. The molecule has 2 N–H and O–H groups in total. The molecule has 0 spiro atoms. The summed E-state index contributed by atoms with van der Waals surface area (Å²) in [5.74, 6) is 2.61. The van der Waals surface area contributed by atoms with E-state index in [1.807, 2.05) is 0 Å². The predicted molar refractivity (Wildman–Crippen MR) is 119 cm³/mol. The molecule has 0 aromatic rings. The van der Waals surface area contributed by atoms with Crippen LogP contribution >= 0.6 is 0 Å². The van der Waals surface area contributed by atoms with E-state index in [2.05, 4.69) is 15.5 Å². The van der Waals surface area contributed by atoms with E-state index in [-0.39, 0.29) is 29.2 Å². The minimum absolute atomic E-state index is 0.0118. The maximum atomic E-state index is 13.5. The zero-order chi connectivity index (χ0) is 21.3. The van der Waals surface area contributed by atoms with E-state index in [4.69, 9.17) is 4.74 Å². The highest BCUT2D eigenvalue weighted by Crippen LogP contribution is 2.61. The van der Waals surface area contributed by atoms with Gasteiger partial charge in [-0.25, -0.2) is 0 Å². The van der Waals surface area contributed by atoms with Crippen LogP contribution in [0.15, 0.2) is 0 Å². The van der Waals surface area contributed by atoms with Crippen LogP contribution in [0.3, 0.4) is 0 Å². The molecule has 6 aliphatic rings. The second kappa shape index (κ2) is 9.38. The van der Waals surface area contributed by atoms with Crippen LogP contribution in [-0.2, 0) is 14.3 Å². The summed E-state index contributed by atoms with van der Waals surface area (Å²) >= 11 is 0. The summed E-state index contributed by atoms with van der Waals surface area (Å²) in [6.07, 6.45) is 12.9. The second-order valence-electron chi connectivity index (χ2n) is 11.3. The van der Waals surface area contributed by atoms with Crippen LogP contribution in [0.1, 0.15) is 70.6 Å². The number of ether oxygens (including phenoxy) is 1. The largest absolute Gasteiger partial charge is 0.379 e. The Balaban J connectivity index is 1.26. The molecule has 6 fully saturated rings. The van der Waals surface area contributed by atoms with Crippen molar-refractivity contribution in [2.24, 2.45) is 29.1 Å². The molecule has 6 nitrogen and oxygen atoms in total. The third kappa shape index (κ3) is 4.80. The van der Waals surface area contributed by atoms with Crippen molar-refractivity contribution in [1.29, 1.82) is 0 Å². The summed E-state index contributed by atoms with van der Waals surface area (Å²) in [4.78, 5) is 29.1. The molecule has 0 aromatic carbocycles. The molecule has 5 aliphatic carbocycles. The van der Waals surface area contributed by atoms with Gasteiger partial charge in [0.05, 0.1) is 13.2 Å². The van der Waals surface area contributed by atoms with Gasteiger partial charge in [-0.3, -0.25) is 14.5 Å². The molecule has 31 heavy (non-hydrogen) atoms. The Kier molecular flexibility index (Phi) is 6.57. The number of amides is 2. The number of carbonyl (C=O) groups excluding carboxylic acids is 2. The van der Waals surface area contributed by atoms with Gasteiger partial charge in [-0.2, -0.15) is 0 Å². The molecule has 1 heterocycles. The van der Waals surface area contributed by atoms with Gasteiger partial charge in [-0.1, -0.05) is 19.3 Å². The number of carbonyl (C=O) groups is 2. The van der Waals surface area contributed by atoms with Crippen LogP contribution in [0, 0.1) is 29.1 Å². The Bertz CT molecular complexity index is 619. The van der Waals surface area contributed by atoms with E-state index in [0.717, 1.165) is 95.5 Å². The number of rotatable bonds is 7. The molecule has 0 aromatic heterocycles. The Labute approximate surface area is 187 Å². The number of nitrogens with one attached hydrogen (secondary N) is 2. The smallest absolute Gasteiger partial charge is 0.243 e. The highest BCUT2D eigenvalue weighted by atomic mass is 16.5. The molecule has 5 saturated carbocycles. The van der Waals surface area contributed by atoms with E-state index < -0.39 is 0 Å². The quantitative estimate of drug-likeness (QED) is 0.650. The minimum atomic E-state index is -0.347. The van der Waals surface area contributed by atoms with Gasteiger partial charge >= 0.3 is 0 Å². The van der Waals surface area contributed by atoms with Crippen molar-refractivity contribution in [3.63, 3.8) is 0 Å². The summed E-state index contributed by atoms with van der Waals surface area (Å²) in [6, 6.07) is -0.347. The lowest BCUT2D eigenvalue weighted by Gasteiger charge is -2.59. The molecule has 6 rings (SSSR count). The first-order valence-electron chi connectivity index (χ1n) is 13.0. The van der Waals surface area contributed by atoms with Crippen molar-refractivity contribution in [3.05, 3.63) is 0 Å². The van der Waals surface area contributed by atoms with E-state index >= 15 is 0 Å². The number of hydrogen-bond acceptors (Lipinski definition) is 4. The zero-order valence-corrected chi connectivity index (χ0v) is 19.1. The molecule has 1 aliphatic heterocycles. The molecule has 1 atom stereocenters. The maximum absolute atomic E-state index is 13.5. The van der Waals surface area contributed by atoms with Crippen molar-refractivity contribution < 1.29 is 14.3 Å². The fourth-order valence-electron chi connectivity index (χ4n) is 7.92. The predicted octanol–water partition coefficient (Wildman–Crippen LogP) is 2.72. The third-order valence-electron chi connectivity index (χ3n) is 9.05. The van der Waals surface area contributed by atoms with Crippen LogP contribution in [-0.4, -0.2) is 62.1 Å². The van der Waals surface area contributed by atoms with Gasteiger partial charge in [0.25, 0.3) is 0 Å². The fraction of sp³-hybridized carbons (Fsp3) is 0.920. The van der Waals surface area contributed by atoms with Crippen molar-refractivity contribution >= 4 is 11.8 Å². The summed E-state index contributed by atoms with van der Waals surface area (Å²) in [5.41, 5.74) is -0.0118. The molecular formula is C25H41N3O3. The van der Waals surface area contributed by atoms with Crippen molar-refractivity contribution in [2.45, 2.75) is 76.7 Å². The topological polar surface area (TPSA) is 70.7 Å². The maximum Gasteiger partial charge on any atom is 0.243 e. The Morgan fingerprint density at radius 3 is 2.16 bits per heavy atom. The lowest BCUT2D eigenvalue weighted by molar-refractivity contribution is -0.143. The van der Waals surface area contributed by atoms with Crippen molar-refractivity contribution in [1.82, 2.24) is 15.5 Å². The monoisotopic (exact) mass is 431 g/mol. The number of nitrogens with zero attached hydrogens (tertiary/aromatic N) is 1. The summed E-state index contributed by atoms with van der Waals surface area (Å²) in [5, 5.41) is 6.57. The van der Waals surface area contributed by atoms with Gasteiger partial charge in [0.2, 0.25) is 11.8 Å². The van der Waals surface area contributed by atoms with Crippen LogP contribution in [0.4, 0.5) is 0 Å². The molecule has 1 saturated heterocycles. The third-order valence-corrected chi connectivity index (χ3v) is 9.05. The Morgan fingerprint density at radius 1 is 0.935 bits per heavy atom. The molecule has 174 valence electrons. The van der Waals surface area contributed by atoms with E-state index in [1.54, 1.807) is 0 Å². The number of hydrogen-bond donors (Lipinski definition) is 2. The molecule has 0 radical (unpaired) electrons. The molecule has 6 heteroatoms. The van der Waals surface area contributed by atoms with Crippen LogP contribution in [0.2, 0.25) is 0 Å². The Hall–Kier alpha value is -1.14. The van der Waals surface area contributed by atoms with E-state index in [9.17, 15) is 9.59 Å². The molecule has 2 amide bonds. The summed E-state index contributed by atoms with van der Waals surface area (Å²) < 4.78 is 5.43. The average Bonchev–Trinajstić information content (AvgIpc) is 2.77.